The predicted octanol–water partition coefficient (Wildman–Crippen LogP) is 2.52. The maximum Gasteiger partial charge on any atom is 0.329 e. The van der Waals surface area contributed by atoms with Crippen molar-refractivity contribution in [2.24, 2.45) is 5.10 Å². The van der Waals surface area contributed by atoms with Gasteiger partial charge in [-0.2, -0.15) is 5.10 Å². The third-order valence-electron chi connectivity index (χ3n) is 4.61. The molecule has 0 spiro atoms. The molecule has 0 bridgehead atoms. The van der Waals surface area contributed by atoms with Crippen LogP contribution in [0, 0.1) is 0 Å². The number of furan rings is 1. The van der Waals surface area contributed by atoms with Crippen LogP contribution in [0.15, 0.2) is 76.2 Å². The number of carbonyl (C=O) groups is 4. The van der Waals surface area contributed by atoms with Gasteiger partial charge in [0.1, 0.15) is 11.5 Å². The van der Waals surface area contributed by atoms with Gasteiger partial charge in [-0.3, -0.25) is 19.2 Å². The fourth-order valence-corrected chi connectivity index (χ4v) is 3.04. The summed E-state index contributed by atoms with van der Waals surface area (Å²) >= 11 is 5.85. The summed E-state index contributed by atoms with van der Waals surface area (Å²) in [6.45, 7) is 1.70. The Morgan fingerprint density at radius 1 is 0.943 bits per heavy atom. The molecule has 0 unspecified atom stereocenters. The second kappa shape index (κ2) is 12.1. The second-order valence-electron chi connectivity index (χ2n) is 7.26. The number of hydrogen-bond acceptors (Lipinski definition) is 6. The van der Waals surface area contributed by atoms with Gasteiger partial charge in [0.05, 0.1) is 18.8 Å². The van der Waals surface area contributed by atoms with Crippen LogP contribution in [0.1, 0.15) is 30.0 Å². The Bertz CT molecular complexity index is 1240. The monoisotopic (exact) mass is 495 g/mol. The molecule has 35 heavy (non-hydrogen) atoms. The van der Waals surface area contributed by atoms with Gasteiger partial charge < -0.3 is 20.4 Å². The Morgan fingerprint density at radius 2 is 1.71 bits per heavy atom. The van der Waals surface area contributed by atoms with Crippen molar-refractivity contribution in [1.82, 2.24) is 16.1 Å². The smallest absolute Gasteiger partial charge is 0.329 e. The van der Waals surface area contributed by atoms with Gasteiger partial charge >= 0.3 is 23.6 Å². The lowest BCUT2D eigenvalue weighted by Gasteiger charge is -2.13. The van der Waals surface area contributed by atoms with Crippen molar-refractivity contribution >= 4 is 47.1 Å². The number of hydrogen-bond donors (Lipinski definition) is 4. The summed E-state index contributed by atoms with van der Waals surface area (Å²) in [6.07, 6.45) is 1.20. The van der Waals surface area contributed by atoms with E-state index >= 15 is 0 Å². The van der Waals surface area contributed by atoms with Crippen LogP contribution in [-0.2, 0) is 25.7 Å². The summed E-state index contributed by atoms with van der Waals surface area (Å²) in [5.41, 5.74) is 3.36. The molecule has 3 aromatic rings. The molecule has 0 radical (unpaired) electrons. The largest absolute Gasteiger partial charge is 0.458 e. The van der Waals surface area contributed by atoms with E-state index in [-0.39, 0.29) is 18.3 Å². The number of anilines is 1. The van der Waals surface area contributed by atoms with E-state index in [1.807, 2.05) is 30.3 Å². The summed E-state index contributed by atoms with van der Waals surface area (Å²) in [7, 11) is 0. The first-order valence-corrected chi connectivity index (χ1v) is 10.8. The second-order valence-corrected chi connectivity index (χ2v) is 7.69. The minimum Gasteiger partial charge on any atom is -0.458 e. The Balaban J connectivity index is 1.42. The first-order valence-electron chi connectivity index (χ1n) is 10.4. The number of amides is 4. The molecule has 1 heterocycles. The van der Waals surface area contributed by atoms with Gasteiger partial charge in [0.2, 0.25) is 0 Å². The minimum absolute atomic E-state index is 0.0538. The van der Waals surface area contributed by atoms with Crippen LogP contribution < -0.4 is 21.4 Å². The lowest BCUT2D eigenvalue weighted by atomic mass is 10.1. The van der Waals surface area contributed by atoms with Crippen LogP contribution in [-0.4, -0.2) is 29.8 Å². The van der Waals surface area contributed by atoms with Crippen LogP contribution in [0.25, 0.3) is 0 Å². The van der Waals surface area contributed by atoms with E-state index in [2.05, 4.69) is 26.5 Å². The van der Waals surface area contributed by atoms with Gasteiger partial charge in [0.25, 0.3) is 0 Å². The third-order valence-corrected chi connectivity index (χ3v) is 4.84. The fourth-order valence-electron chi connectivity index (χ4n) is 2.85. The molecule has 2 aromatic carbocycles. The molecule has 4 N–H and O–H groups in total. The summed E-state index contributed by atoms with van der Waals surface area (Å²) < 4.78 is 5.45. The zero-order valence-electron chi connectivity index (χ0n) is 18.6. The fraction of sp³-hybridized carbons (Fsp3) is 0.125. The molecule has 180 valence electrons. The predicted molar refractivity (Wildman–Crippen MR) is 129 cm³/mol. The lowest BCUT2D eigenvalue weighted by Crippen LogP contribution is -2.39. The third kappa shape index (κ3) is 7.83. The highest BCUT2D eigenvalue weighted by Gasteiger charge is 2.17. The van der Waals surface area contributed by atoms with Crippen LogP contribution in [0.2, 0.25) is 5.02 Å². The molecule has 1 aromatic heterocycles. The topological polar surface area (TPSA) is 142 Å². The van der Waals surface area contributed by atoms with Gasteiger partial charge in [-0.1, -0.05) is 48.0 Å². The lowest BCUT2D eigenvalue weighted by molar-refractivity contribution is -0.139. The molecule has 11 heteroatoms. The molecule has 4 amide bonds. The zero-order valence-corrected chi connectivity index (χ0v) is 19.3. The first-order chi connectivity index (χ1) is 16.8. The van der Waals surface area contributed by atoms with Crippen molar-refractivity contribution in [3.63, 3.8) is 0 Å². The van der Waals surface area contributed by atoms with Crippen molar-refractivity contribution in [2.45, 2.75) is 19.5 Å². The molecular formula is C24H22ClN5O5. The normalized spacial score (nSPS) is 11.5. The highest BCUT2D eigenvalue weighted by molar-refractivity contribution is 6.39. The molecule has 0 aliphatic carbocycles. The van der Waals surface area contributed by atoms with E-state index in [9.17, 15) is 19.2 Å². The summed E-state index contributed by atoms with van der Waals surface area (Å²) in [5.74, 6) is -2.89. The van der Waals surface area contributed by atoms with E-state index in [4.69, 9.17) is 16.0 Å². The molecule has 10 nitrogen and oxygen atoms in total. The van der Waals surface area contributed by atoms with Gasteiger partial charge in [0.15, 0.2) is 0 Å². The summed E-state index contributed by atoms with van der Waals surface area (Å²) in [6, 6.07) is 18.3. The Labute approximate surface area is 205 Å². The maximum absolute atomic E-state index is 12.0. The SMILES string of the molecule is C[C@H](NC(=O)C(=O)N/N=C/c1ccc(CNC(=O)C(=O)Nc2cccc(Cl)c2)o1)c1ccccc1. The van der Waals surface area contributed by atoms with E-state index in [0.29, 0.717) is 16.5 Å². The zero-order chi connectivity index (χ0) is 25.2. The van der Waals surface area contributed by atoms with Crippen LogP contribution in [0.5, 0.6) is 0 Å². The number of nitrogens with zero attached hydrogens (tertiary/aromatic N) is 1. The molecule has 0 aliphatic rings. The number of halogens is 1. The molecule has 1 atom stereocenters. The standard InChI is InChI=1S/C24H22ClN5O5/c1-15(16-6-3-2-4-7-16)28-23(33)24(34)30-27-14-20-11-10-19(35-20)13-26-21(31)22(32)29-18-9-5-8-17(25)12-18/h2-12,14-15H,13H2,1H3,(H,26,31)(H,28,33)(H,29,32)(H,30,34)/b27-14+/t15-/m0/s1. The van der Waals surface area contributed by atoms with Crippen molar-refractivity contribution in [1.29, 1.82) is 0 Å². The first kappa shape index (κ1) is 25.2. The number of rotatable bonds is 7. The summed E-state index contributed by atoms with van der Waals surface area (Å²) in [4.78, 5) is 47.9. The van der Waals surface area contributed by atoms with E-state index in [1.165, 1.54) is 12.3 Å². The van der Waals surface area contributed by atoms with Crippen LogP contribution in [0.4, 0.5) is 5.69 Å². The minimum atomic E-state index is -0.936. The molecule has 0 fully saturated rings. The number of hydrazone groups is 1. The van der Waals surface area contributed by atoms with Crippen LogP contribution >= 0.6 is 11.6 Å². The molecule has 0 saturated heterocycles. The maximum atomic E-state index is 12.0. The van der Waals surface area contributed by atoms with E-state index < -0.39 is 23.6 Å². The Kier molecular flexibility index (Phi) is 8.74. The number of benzene rings is 2. The van der Waals surface area contributed by atoms with Crippen molar-refractivity contribution < 1.29 is 23.6 Å². The van der Waals surface area contributed by atoms with Gasteiger partial charge in [0, 0.05) is 10.7 Å². The van der Waals surface area contributed by atoms with Crippen molar-refractivity contribution in [3.05, 3.63) is 88.8 Å². The molecule has 3 rings (SSSR count). The van der Waals surface area contributed by atoms with E-state index in [0.717, 1.165) is 5.56 Å². The quantitative estimate of drug-likeness (QED) is 0.226. The van der Waals surface area contributed by atoms with Crippen molar-refractivity contribution in [3.8, 4) is 0 Å². The highest BCUT2D eigenvalue weighted by atomic mass is 35.5. The molecule has 0 aliphatic heterocycles. The average molecular weight is 496 g/mol. The van der Waals surface area contributed by atoms with Crippen molar-refractivity contribution in [2.75, 3.05) is 5.32 Å². The molecular weight excluding hydrogens is 474 g/mol. The van der Waals surface area contributed by atoms with Gasteiger partial charge in [-0.05, 0) is 42.8 Å². The average Bonchev–Trinajstić information content (AvgIpc) is 3.30. The van der Waals surface area contributed by atoms with Gasteiger partial charge in [-0.15, -0.1) is 0 Å². The highest BCUT2D eigenvalue weighted by Crippen LogP contribution is 2.14. The Hall–Kier alpha value is -4.44. The number of carbonyl (C=O) groups excluding carboxylic acids is 4. The van der Waals surface area contributed by atoms with E-state index in [1.54, 1.807) is 37.3 Å². The Morgan fingerprint density at radius 3 is 2.46 bits per heavy atom. The summed E-state index contributed by atoms with van der Waals surface area (Å²) in [5, 5.41) is 11.5. The number of nitrogens with one attached hydrogen (secondary N) is 4. The molecule has 0 saturated carbocycles. The van der Waals surface area contributed by atoms with Gasteiger partial charge in [-0.25, -0.2) is 5.43 Å². The van der Waals surface area contributed by atoms with Crippen LogP contribution in [0.3, 0.4) is 0 Å².